The maximum atomic E-state index is 13.0. The molecule has 0 amide bonds. The van der Waals surface area contributed by atoms with Gasteiger partial charge < -0.3 is 9.47 Å². The van der Waals surface area contributed by atoms with Gasteiger partial charge in [0.25, 0.3) is 0 Å². The number of carbonyl (C=O) groups excluding carboxylic acids is 2. The van der Waals surface area contributed by atoms with Crippen LogP contribution in [-0.2, 0) is 4.79 Å². The number of hydrogen-bond donors (Lipinski definition) is 0. The van der Waals surface area contributed by atoms with Crippen molar-refractivity contribution in [2.45, 2.75) is 20.3 Å². The Balaban J connectivity index is 1.93. The van der Waals surface area contributed by atoms with Crippen LogP contribution in [-0.4, -0.2) is 11.8 Å². The summed E-state index contributed by atoms with van der Waals surface area (Å²) >= 11 is 0. The van der Waals surface area contributed by atoms with Crippen LogP contribution in [0, 0.1) is 12.7 Å². The number of ether oxygens (including phenoxy) is 2. The molecular formula is C19H15FO4. The van der Waals surface area contributed by atoms with E-state index in [4.69, 9.17) is 9.47 Å². The first-order valence-corrected chi connectivity index (χ1v) is 7.53. The van der Waals surface area contributed by atoms with E-state index in [2.05, 4.69) is 0 Å². The van der Waals surface area contributed by atoms with Crippen LogP contribution in [0.1, 0.15) is 34.8 Å². The van der Waals surface area contributed by atoms with E-state index in [0.29, 0.717) is 28.2 Å². The fourth-order valence-electron chi connectivity index (χ4n) is 2.38. The fourth-order valence-corrected chi connectivity index (χ4v) is 2.38. The van der Waals surface area contributed by atoms with Crippen molar-refractivity contribution in [1.82, 2.24) is 0 Å². The number of carbonyl (C=O) groups is 2. The van der Waals surface area contributed by atoms with Crippen molar-refractivity contribution in [2.24, 2.45) is 0 Å². The van der Waals surface area contributed by atoms with E-state index < -0.39 is 0 Å². The molecule has 0 fully saturated rings. The Morgan fingerprint density at radius 2 is 1.92 bits per heavy atom. The predicted molar refractivity (Wildman–Crippen MR) is 86.4 cm³/mol. The van der Waals surface area contributed by atoms with Crippen molar-refractivity contribution in [1.29, 1.82) is 0 Å². The average Bonchev–Trinajstić information content (AvgIpc) is 2.89. The molecule has 0 atom stereocenters. The number of hydrogen-bond acceptors (Lipinski definition) is 4. The van der Waals surface area contributed by atoms with Crippen molar-refractivity contribution in [3.63, 3.8) is 0 Å². The van der Waals surface area contributed by atoms with Crippen molar-refractivity contribution >= 4 is 17.8 Å². The highest BCUT2D eigenvalue weighted by Gasteiger charge is 2.30. The second-order valence-electron chi connectivity index (χ2n) is 5.38. The number of halogens is 1. The Morgan fingerprint density at radius 3 is 2.58 bits per heavy atom. The molecular weight excluding hydrogens is 311 g/mol. The molecule has 0 unspecified atom stereocenters. The molecule has 122 valence electrons. The minimum absolute atomic E-state index is 0.152. The molecule has 2 aromatic carbocycles. The van der Waals surface area contributed by atoms with Gasteiger partial charge in [-0.05, 0) is 42.8 Å². The van der Waals surface area contributed by atoms with Gasteiger partial charge in [-0.2, -0.15) is 0 Å². The molecule has 0 saturated heterocycles. The maximum Gasteiger partial charge on any atom is 0.310 e. The first-order valence-electron chi connectivity index (χ1n) is 7.53. The number of allylic oxidation sites excluding steroid dienone is 1. The first kappa shape index (κ1) is 15.9. The Kier molecular flexibility index (Phi) is 4.16. The van der Waals surface area contributed by atoms with Gasteiger partial charge in [-0.15, -0.1) is 0 Å². The molecule has 0 bridgehead atoms. The smallest absolute Gasteiger partial charge is 0.310 e. The molecule has 1 aliphatic rings. The van der Waals surface area contributed by atoms with Gasteiger partial charge in [0.15, 0.2) is 5.76 Å². The number of Topliss-reactive ketones (excluding diaryl/α,β-unsaturated/α-hetero) is 1. The molecule has 0 saturated carbocycles. The second-order valence-corrected chi connectivity index (χ2v) is 5.38. The maximum absolute atomic E-state index is 13.0. The van der Waals surface area contributed by atoms with E-state index in [1.54, 1.807) is 44.2 Å². The number of benzene rings is 2. The zero-order valence-electron chi connectivity index (χ0n) is 13.3. The van der Waals surface area contributed by atoms with Crippen LogP contribution in [0.2, 0.25) is 0 Å². The van der Waals surface area contributed by atoms with Gasteiger partial charge in [0.1, 0.15) is 17.3 Å². The van der Waals surface area contributed by atoms with Crippen LogP contribution in [0.4, 0.5) is 4.39 Å². The molecule has 24 heavy (non-hydrogen) atoms. The third-order valence-corrected chi connectivity index (χ3v) is 3.72. The van der Waals surface area contributed by atoms with Gasteiger partial charge in [0, 0.05) is 12.0 Å². The summed E-state index contributed by atoms with van der Waals surface area (Å²) in [7, 11) is 0. The van der Waals surface area contributed by atoms with Gasteiger partial charge in [-0.3, -0.25) is 9.59 Å². The van der Waals surface area contributed by atoms with Crippen molar-refractivity contribution in [3.05, 3.63) is 64.7 Å². The minimum atomic E-state index is -0.357. The number of ketones is 1. The molecule has 0 spiro atoms. The third kappa shape index (κ3) is 2.93. The summed E-state index contributed by atoms with van der Waals surface area (Å²) in [6.45, 7) is 3.43. The summed E-state index contributed by atoms with van der Waals surface area (Å²) in [5.74, 6) is -0.0579. The molecule has 4 nitrogen and oxygen atoms in total. The Labute approximate surface area is 138 Å². The van der Waals surface area contributed by atoms with Crippen LogP contribution in [0.15, 0.2) is 42.2 Å². The molecule has 3 rings (SSSR count). The summed E-state index contributed by atoms with van der Waals surface area (Å²) in [4.78, 5) is 23.9. The fraction of sp³-hybridized carbons (Fsp3) is 0.158. The molecule has 0 aromatic heterocycles. The molecule has 0 radical (unpaired) electrons. The molecule has 5 heteroatoms. The Morgan fingerprint density at radius 1 is 1.21 bits per heavy atom. The molecule has 0 N–H and O–H groups in total. The minimum Gasteiger partial charge on any atom is -0.452 e. The quantitative estimate of drug-likeness (QED) is 0.485. The largest absolute Gasteiger partial charge is 0.452 e. The second kappa shape index (κ2) is 6.28. The van der Waals surface area contributed by atoms with Gasteiger partial charge in [-0.25, -0.2) is 4.39 Å². The number of esters is 1. The highest BCUT2D eigenvalue weighted by atomic mass is 19.1. The van der Waals surface area contributed by atoms with Crippen LogP contribution < -0.4 is 9.47 Å². The lowest BCUT2D eigenvalue weighted by Gasteiger charge is -2.09. The topological polar surface area (TPSA) is 52.6 Å². The van der Waals surface area contributed by atoms with Crippen LogP contribution in [0.25, 0.3) is 6.08 Å². The van der Waals surface area contributed by atoms with Crippen LogP contribution >= 0.6 is 0 Å². The Hall–Kier alpha value is -2.95. The van der Waals surface area contributed by atoms with E-state index in [9.17, 15) is 14.0 Å². The average molecular weight is 326 g/mol. The van der Waals surface area contributed by atoms with E-state index in [1.165, 1.54) is 12.1 Å². The molecule has 2 aromatic rings. The van der Waals surface area contributed by atoms with Crippen molar-refractivity contribution in [3.8, 4) is 11.5 Å². The number of fused-ring (bicyclic) bond motifs is 1. The van der Waals surface area contributed by atoms with Crippen LogP contribution in [0.3, 0.4) is 0 Å². The lowest BCUT2D eigenvalue weighted by Crippen LogP contribution is -2.06. The summed E-state index contributed by atoms with van der Waals surface area (Å²) in [5.41, 5.74) is 1.66. The Bertz CT molecular complexity index is 850. The van der Waals surface area contributed by atoms with Crippen LogP contribution in [0.5, 0.6) is 11.5 Å². The highest BCUT2D eigenvalue weighted by Crippen LogP contribution is 2.39. The summed E-state index contributed by atoms with van der Waals surface area (Å²) < 4.78 is 23.9. The van der Waals surface area contributed by atoms with Crippen molar-refractivity contribution in [2.75, 3.05) is 0 Å². The SMILES string of the molecule is CCC(=O)Oc1ccc2c(c1C)O/C(=C\c1ccc(F)cc1)C2=O. The molecule has 0 aliphatic carbocycles. The summed E-state index contributed by atoms with van der Waals surface area (Å²) in [6, 6.07) is 8.91. The molecule has 1 aliphatic heterocycles. The van der Waals surface area contributed by atoms with E-state index >= 15 is 0 Å². The zero-order chi connectivity index (χ0) is 17.3. The summed E-state index contributed by atoms with van der Waals surface area (Å²) in [5, 5.41) is 0. The predicted octanol–water partition coefficient (Wildman–Crippen LogP) is 4.07. The first-order chi connectivity index (χ1) is 11.5. The monoisotopic (exact) mass is 326 g/mol. The van der Waals surface area contributed by atoms with Gasteiger partial charge in [0.2, 0.25) is 5.78 Å². The van der Waals surface area contributed by atoms with Gasteiger partial charge >= 0.3 is 5.97 Å². The lowest BCUT2D eigenvalue weighted by atomic mass is 10.1. The van der Waals surface area contributed by atoms with E-state index in [-0.39, 0.29) is 29.7 Å². The number of rotatable bonds is 3. The standard InChI is InChI=1S/C19H15FO4/c1-3-17(21)23-15-9-8-14-18(22)16(24-19(14)11(15)2)10-12-4-6-13(20)7-5-12/h4-10H,3H2,1-2H3/b16-10-. The van der Waals surface area contributed by atoms with Gasteiger partial charge in [0.05, 0.1) is 5.56 Å². The highest BCUT2D eigenvalue weighted by molar-refractivity contribution is 6.15. The van der Waals surface area contributed by atoms with E-state index in [0.717, 1.165) is 0 Å². The molecule has 1 heterocycles. The lowest BCUT2D eigenvalue weighted by molar-refractivity contribution is -0.134. The zero-order valence-corrected chi connectivity index (χ0v) is 13.3. The van der Waals surface area contributed by atoms with Crippen molar-refractivity contribution < 1.29 is 23.5 Å². The van der Waals surface area contributed by atoms with E-state index in [1.807, 2.05) is 0 Å². The summed E-state index contributed by atoms with van der Waals surface area (Å²) in [6.07, 6.45) is 1.81. The third-order valence-electron chi connectivity index (χ3n) is 3.72. The normalized spacial score (nSPS) is 14.5. The van der Waals surface area contributed by atoms with Gasteiger partial charge in [-0.1, -0.05) is 19.1 Å².